The number of fused-ring (bicyclic) bond motifs is 4. The van der Waals surface area contributed by atoms with Crippen LogP contribution in [0.5, 0.6) is 0 Å². The van der Waals surface area contributed by atoms with Crippen LogP contribution in [0, 0.1) is 48.5 Å². The van der Waals surface area contributed by atoms with Crippen molar-refractivity contribution in [2.75, 3.05) is 0 Å². The van der Waals surface area contributed by atoms with E-state index in [9.17, 15) is 0 Å². The summed E-state index contributed by atoms with van der Waals surface area (Å²) in [5, 5.41) is 10.8. The predicted octanol–water partition coefficient (Wildman–Crippen LogP) is 17.1. The first-order chi connectivity index (χ1) is 26.4. The molecule has 0 N–H and O–H groups in total. The summed E-state index contributed by atoms with van der Waals surface area (Å²) in [4.78, 5) is 0. The van der Waals surface area contributed by atoms with Crippen molar-refractivity contribution in [2.24, 2.45) is 0 Å². The fourth-order valence-electron chi connectivity index (χ4n) is 7.94. The van der Waals surface area contributed by atoms with Gasteiger partial charge in [-0.05, 0) is 84.3 Å². The van der Waals surface area contributed by atoms with Gasteiger partial charge >= 0.3 is 37.9 Å². The van der Waals surface area contributed by atoms with Gasteiger partial charge in [0.2, 0.25) is 0 Å². The second-order valence-corrected chi connectivity index (χ2v) is 19.0. The fraction of sp³-hybridized carbons (Fsp3) is 0.250. The summed E-state index contributed by atoms with van der Waals surface area (Å²) in [6.07, 6.45) is 0. The summed E-state index contributed by atoms with van der Waals surface area (Å²) in [6, 6.07) is 40.6. The van der Waals surface area contributed by atoms with E-state index in [0.717, 1.165) is 0 Å². The Morgan fingerprint density at radius 1 is 0.455 bits per heavy atom. The second-order valence-electron chi connectivity index (χ2n) is 15.2. The Labute approximate surface area is 349 Å². The zero-order chi connectivity index (χ0) is 40.1. The van der Waals surface area contributed by atoms with Crippen LogP contribution in [0.4, 0.5) is 0 Å². The number of rotatable bonds is 4. The van der Waals surface area contributed by atoms with Crippen molar-refractivity contribution in [1.29, 1.82) is 0 Å². The summed E-state index contributed by atoms with van der Waals surface area (Å²) < 4.78 is 0. The second kappa shape index (κ2) is 18.6. The van der Waals surface area contributed by atoms with Crippen molar-refractivity contribution in [3.63, 3.8) is 0 Å². The maximum atomic E-state index is 4.93. The number of halogens is 2. The van der Waals surface area contributed by atoms with Crippen LogP contribution in [-0.2, 0) is 20.8 Å². The van der Waals surface area contributed by atoms with E-state index < -0.39 is 20.8 Å². The number of hydrogen-bond acceptors (Lipinski definition) is 0. The molecule has 0 fully saturated rings. The first-order valence-corrected chi connectivity index (χ1v) is 25.7. The number of aryl methyl sites for hydroxylation is 2. The Kier molecular flexibility index (Phi) is 14.5. The molecule has 8 rings (SSSR count). The third kappa shape index (κ3) is 8.76. The maximum absolute atomic E-state index is 4.93. The van der Waals surface area contributed by atoms with Crippen molar-refractivity contribution in [3.8, 4) is 22.3 Å². The van der Waals surface area contributed by atoms with Gasteiger partial charge in [-0.1, -0.05) is 148 Å². The van der Waals surface area contributed by atoms with Crippen molar-refractivity contribution < 1.29 is 20.8 Å². The molecular formula is C52H55Cl2Zr-3. The van der Waals surface area contributed by atoms with Gasteiger partial charge in [0, 0.05) is 0 Å². The molecule has 0 amide bonds. The zero-order valence-electron chi connectivity index (χ0n) is 34.5. The molecule has 0 bridgehead atoms. The van der Waals surface area contributed by atoms with Crippen LogP contribution in [0.2, 0.25) is 0 Å². The molecule has 0 atom stereocenters. The van der Waals surface area contributed by atoms with Crippen LogP contribution >= 0.6 is 17.0 Å². The van der Waals surface area contributed by atoms with E-state index in [1.165, 1.54) is 110 Å². The van der Waals surface area contributed by atoms with Crippen molar-refractivity contribution in [3.05, 3.63) is 161 Å². The monoisotopic (exact) mass is 839 g/mol. The van der Waals surface area contributed by atoms with Gasteiger partial charge < -0.3 is 6.92 Å². The van der Waals surface area contributed by atoms with Gasteiger partial charge in [-0.3, -0.25) is 0 Å². The van der Waals surface area contributed by atoms with Crippen LogP contribution in [0.1, 0.15) is 91.0 Å². The van der Waals surface area contributed by atoms with E-state index in [4.69, 9.17) is 17.0 Å². The van der Waals surface area contributed by atoms with Crippen LogP contribution in [0.15, 0.2) is 109 Å². The molecule has 0 aliphatic rings. The topological polar surface area (TPSA) is 0 Å². The van der Waals surface area contributed by atoms with Crippen molar-refractivity contribution >= 4 is 60.1 Å². The third-order valence-corrected chi connectivity index (χ3v) is 11.6. The number of hydrogen-bond donors (Lipinski definition) is 0. The van der Waals surface area contributed by atoms with E-state index >= 15 is 0 Å². The van der Waals surface area contributed by atoms with E-state index in [1.54, 1.807) is 6.92 Å². The summed E-state index contributed by atoms with van der Waals surface area (Å²) in [6.45, 7) is 27.7. The fourth-order valence-corrected chi connectivity index (χ4v) is 7.94. The Morgan fingerprint density at radius 2 is 0.782 bits per heavy atom. The van der Waals surface area contributed by atoms with Crippen LogP contribution in [0.25, 0.3) is 65.3 Å². The quantitative estimate of drug-likeness (QED) is 0.155. The van der Waals surface area contributed by atoms with E-state index in [-0.39, 0.29) is 0 Å². The van der Waals surface area contributed by atoms with Crippen LogP contribution < -0.4 is 0 Å². The molecule has 0 saturated heterocycles. The summed E-state index contributed by atoms with van der Waals surface area (Å²) >= 11 is -0.826. The average molecular weight is 842 g/mol. The normalized spacial score (nSPS) is 11.1. The Bertz CT molecular complexity index is 2400. The van der Waals surface area contributed by atoms with Gasteiger partial charge in [0.15, 0.2) is 0 Å². The van der Waals surface area contributed by atoms with Gasteiger partial charge in [0.25, 0.3) is 0 Å². The van der Waals surface area contributed by atoms with Crippen LogP contribution in [0.3, 0.4) is 0 Å². The molecule has 8 aromatic carbocycles. The molecule has 0 radical (unpaired) electrons. The van der Waals surface area contributed by atoms with Crippen molar-refractivity contribution in [1.82, 2.24) is 0 Å². The summed E-state index contributed by atoms with van der Waals surface area (Å²) in [7, 11) is 9.87. The van der Waals surface area contributed by atoms with Crippen molar-refractivity contribution in [2.45, 2.75) is 88.0 Å². The molecule has 0 unspecified atom stereocenters. The summed E-state index contributed by atoms with van der Waals surface area (Å²) in [5.41, 5.74) is 16.8. The average Bonchev–Trinajstić information content (AvgIpc) is 3.84. The molecule has 3 heteroatoms. The molecule has 55 heavy (non-hydrogen) atoms. The SMILES string of the molecule is Cc1c(C)c(C)c2[cH-]c(C(C)C)cc2c1-c1ccc2ccccc2c1.Cc1c(C)c(C)c2[cH-]c(C(C)C)cc2c1-c1ccc2ccccc2c1.[CH2-]C.[Cl][Zr][Cl]. The van der Waals surface area contributed by atoms with E-state index in [2.05, 4.69) is 185 Å². The molecule has 0 saturated carbocycles. The molecular weight excluding hydrogens is 787 g/mol. The van der Waals surface area contributed by atoms with E-state index in [0.29, 0.717) is 11.8 Å². The molecule has 284 valence electrons. The minimum absolute atomic E-state index is 0.553. The van der Waals surface area contributed by atoms with Gasteiger partial charge in [-0.15, -0.1) is 55.9 Å². The van der Waals surface area contributed by atoms with Gasteiger partial charge in [-0.25, -0.2) is 0 Å². The Morgan fingerprint density at radius 3 is 1.11 bits per heavy atom. The minimum atomic E-state index is -0.826. The van der Waals surface area contributed by atoms with Gasteiger partial charge in [0.05, 0.1) is 0 Å². The molecule has 0 aliphatic heterocycles. The third-order valence-electron chi connectivity index (χ3n) is 11.6. The first-order valence-electron chi connectivity index (χ1n) is 19.4. The standard InChI is InChI=1S/2C25H25.C2H5.2ClH.Zr/c2*1-15(2)22-13-23-17(4)16(3)18(5)25(24(23)14-22)21-11-10-19-8-6-7-9-20(19)12-21;1-2;;;/h2*6-15H,1-5H3;1H2,2H3;2*1H;/q3*-1;;;+2/p-2. The molecule has 0 aliphatic carbocycles. The molecule has 8 aromatic rings. The van der Waals surface area contributed by atoms with Gasteiger partial charge in [0.1, 0.15) is 0 Å². The molecule has 0 heterocycles. The predicted molar refractivity (Wildman–Crippen MR) is 244 cm³/mol. The number of benzene rings is 6. The first kappa shape index (κ1) is 42.7. The van der Waals surface area contributed by atoms with E-state index in [1.807, 2.05) is 0 Å². The molecule has 0 aromatic heterocycles. The zero-order valence-corrected chi connectivity index (χ0v) is 38.5. The molecule has 0 spiro atoms. The molecule has 0 nitrogen and oxygen atoms in total. The Balaban J connectivity index is 0.000000189. The van der Waals surface area contributed by atoms with Gasteiger partial charge in [-0.2, -0.15) is 19.1 Å². The van der Waals surface area contributed by atoms with Crippen LogP contribution in [-0.4, -0.2) is 0 Å². The Hall–Kier alpha value is -3.48. The summed E-state index contributed by atoms with van der Waals surface area (Å²) in [5.74, 6) is 1.11.